The molecule has 3 aromatic rings. The molecule has 1 aliphatic heterocycles. The van der Waals surface area contributed by atoms with Crippen molar-refractivity contribution in [1.82, 2.24) is 14.8 Å². The molecule has 14 heteroatoms. The number of benzene rings is 1. The summed E-state index contributed by atoms with van der Waals surface area (Å²) in [5.74, 6) is -4.93. The maximum atomic E-state index is 15.4. The number of methoxy groups -OCH3 is 1. The number of alkyl halides is 2. The molecule has 0 unspecified atom stereocenters. The monoisotopic (exact) mass is 569 g/mol. The summed E-state index contributed by atoms with van der Waals surface area (Å²) in [4.78, 5) is 19.0. The van der Waals surface area contributed by atoms with E-state index in [0.29, 0.717) is 5.69 Å². The number of halogens is 3. The molecule has 10 nitrogen and oxygen atoms in total. The summed E-state index contributed by atoms with van der Waals surface area (Å²) in [5, 5.41) is 17.4. The Hall–Kier alpha value is -3.39. The van der Waals surface area contributed by atoms with Gasteiger partial charge in [-0.1, -0.05) is 12.1 Å². The lowest BCUT2D eigenvalue weighted by atomic mass is 9.91. The third-order valence-electron chi connectivity index (χ3n) is 6.80. The predicted octanol–water partition coefficient (Wildman–Crippen LogP) is 2.75. The number of aromatic nitrogens is 3. The SMILES string of the molecule is COc1nc2c(=O)n(C)nc(N[C@H](C)c3cccc(C(F)(F)C(C)(C)O)c3F)c2cc1N1CCS(=O)(=O)CC1. The number of hydrogen-bond acceptors (Lipinski definition) is 9. The lowest BCUT2D eigenvalue weighted by molar-refractivity contribution is -0.170. The number of nitrogens with zero attached hydrogens (tertiary/aromatic N) is 4. The van der Waals surface area contributed by atoms with Gasteiger partial charge in [0.15, 0.2) is 15.7 Å². The maximum absolute atomic E-state index is 15.4. The van der Waals surface area contributed by atoms with Gasteiger partial charge in [-0.2, -0.15) is 13.9 Å². The van der Waals surface area contributed by atoms with Gasteiger partial charge >= 0.3 is 5.92 Å². The second kappa shape index (κ2) is 9.97. The molecule has 1 aliphatic rings. The van der Waals surface area contributed by atoms with E-state index in [0.717, 1.165) is 24.6 Å². The number of ether oxygens (including phenoxy) is 1. The molecule has 212 valence electrons. The first-order chi connectivity index (χ1) is 18.1. The fraction of sp³-hybridized carbons (Fsp3) is 0.480. The van der Waals surface area contributed by atoms with Crippen molar-refractivity contribution in [3.8, 4) is 5.88 Å². The van der Waals surface area contributed by atoms with Gasteiger partial charge in [-0.05, 0) is 32.9 Å². The molecular weight excluding hydrogens is 539 g/mol. The van der Waals surface area contributed by atoms with Crippen LogP contribution in [0.1, 0.15) is 37.9 Å². The van der Waals surface area contributed by atoms with Crippen molar-refractivity contribution < 1.29 is 31.4 Å². The normalized spacial score (nSPS) is 16.8. The Morgan fingerprint density at radius 3 is 2.44 bits per heavy atom. The average Bonchev–Trinajstić information content (AvgIpc) is 2.85. The fourth-order valence-electron chi connectivity index (χ4n) is 4.41. The molecule has 3 heterocycles. The van der Waals surface area contributed by atoms with Gasteiger partial charge in [-0.15, -0.1) is 0 Å². The molecule has 2 N–H and O–H groups in total. The largest absolute Gasteiger partial charge is 0.480 e. The molecular formula is C25H30F3N5O5S. The molecule has 0 amide bonds. The average molecular weight is 570 g/mol. The Bertz CT molecular complexity index is 1570. The second-order valence-corrected chi connectivity index (χ2v) is 12.3. The first-order valence-electron chi connectivity index (χ1n) is 12.1. The summed E-state index contributed by atoms with van der Waals surface area (Å²) in [6.07, 6.45) is 0. The fourth-order valence-corrected chi connectivity index (χ4v) is 5.61. The number of nitrogens with one attached hydrogen (secondary N) is 1. The number of anilines is 2. The van der Waals surface area contributed by atoms with Crippen LogP contribution in [-0.2, 0) is 22.8 Å². The zero-order chi connectivity index (χ0) is 28.9. The van der Waals surface area contributed by atoms with E-state index < -0.39 is 44.3 Å². The third kappa shape index (κ3) is 5.26. The minimum Gasteiger partial charge on any atom is -0.480 e. The Balaban J connectivity index is 1.80. The summed E-state index contributed by atoms with van der Waals surface area (Å²) in [6.45, 7) is 3.72. The maximum Gasteiger partial charge on any atom is 0.303 e. The van der Waals surface area contributed by atoms with Crippen LogP contribution in [0.15, 0.2) is 29.1 Å². The number of pyridine rings is 1. The third-order valence-corrected chi connectivity index (χ3v) is 8.41. The summed E-state index contributed by atoms with van der Waals surface area (Å²) in [6, 6.07) is 4.22. The van der Waals surface area contributed by atoms with Gasteiger partial charge in [0.25, 0.3) is 5.56 Å². The topological polar surface area (TPSA) is 127 Å². The van der Waals surface area contributed by atoms with Crippen LogP contribution in [0.25, 0.3) is 10.9 Å². The van der Waals surface area contributed by atoms with E-state index in [2.05, 4.69) is 15.4 Å². The molecule has 0 spiro atoms. The van der Waals surface area contributed by atoms with Gasteiger partial charge < -0.3 is 20.1 Å². The van der Waals surface area contributed by atoms with Crippen molar-refractivity contribution in [2.45, 2.75) is 38.3 Å². The Morgan fingerprint density at radius 1 is 1.21 bits per heavy atom. The highest BCUT2D eigenvalue weighted by atomic mass is 32.2. The number of aliphatic hydroxyl groups is 1. The van der Waals surface area contributed by atoms with Crippen LogP contribution in [0, 0.1) is 5.82 Å². The van der Waals surface area contributed by atoms with Crippen LogP contribution in [0.5, 0.6) is 5.88 Å². The first kappa shape index (κ1) is 28.6. The molecule has 0 bridgehead atoms. The van der Waals surface area contributed by atoms with Gasteiger partial charge in [0, 0.05) is 25.7 Å². The summed E-state index contributed by atoms with van der Waals surface area (Å²) < 4.78 is 75.3. The predicted molar refractivity (Wildman–Crippen MR) is 141 cm³/mol. The zero-order valence-electron chi connectivity index (χ0n) is 22.1. The molecule has 0 aliphatic carbocycles. The Kier molecular flexibility index (Phi) is 7.32. The molecule has 0 saturated carbocycles. The van der Waals surface area contributed by atoms with Crippen molar-refractivity contribution in [2.75, 3.05) is 41.9 Å². The molecule has 0 radical (unpaired) electrons. The van der Waals surface area contributed by atoms with Gasteiger partial charge in [0.1, 0.15) is 22.6 Å². The van der Waals surface area contributed by atoms with Crippen LogP contribution >= 0.6 is 0 Å². The molecule has 1 atom stereocenters. The second-order valence-electron chi connectivity index (χ2n) is 10.0. The van der Waals surface area contributed by atoms with Crippen molar-refractivity contribution in [1.29, 1.82) is 0 Å². The summed E-state index contributed by atoms with van der Waals surface area (Å²) >= 11 is 0. The number of fused-ring (bicyclic) bond motifs is 1. The number of aryl methyl sites for hydroxylation is 1. The molecule has 1 aromatic carbocycles. The minimum atomic E-state index is -3.87. The van der Waals surface area contributed by atoms with Crippen LogP contribution in [0.2, 0.25) is 0 Å². The molecule has 1 saturated heterocycles. The summed E-state index contributed by atoms with van der Waals surface area (Å²) in [5.41, 5.74) is -3.66. The molecule has 2 aromatic heterocycles. The summed E-state index contributed by atoms with van der Waals surface area (Å²) in [7, 11) is -0.383. The van der Waals surface area contributed by atoms with E-state index >= 15 is 4.39 Å². The van der Waals surface area contributed by atoms with Gasteiger partial charge in [-0.25, -0.2) is 22.5 Å². The van der Waals surface area contributed by atoms with Crippen molar-refractivity contribution in [2.24, 2.45) is 7.05 Å². The van der Waals surface area contributed by atoms with Crippen LogP contribution in [0.4, 0.5) is 24.7 Å². The van der Waals surface area contributed by atoms with Crippen LogP contribution in [0.3, 0.4) is 0 Å². The van der Waals surface area contributed by atoms with Gasteiger partial charge in [0.2, 0.25) is 5.88 Å². The van der Waals surface area contributed by atoms with Crippen LogP contribution < -0.4 is 20.5 Å². The Labute approximate surface area is 223 Å². The van der Waals surface area contributed by atoms with E-state index in [1.165, 1.54) is 33.2 Å². The van der Waals surface area contributed by atoms with E-state index in [4.69, 9.17) is 4.74 Å². The molecule has 1 fully saturated rings. The highest BCUT2D eigenvalue weighted by Gasteiger charge is 2.49. The zero-order valence-corrected chi connectivity index (χ0v) is 22.9. The van der Waals surface area contributed by atoms with Crippen LogP contribution in [-0.4, -0.2) is 65.6 Å². The smallest absolute Gasteiger partial charge is 0.303 e. The lowest BCUT2D eigenvalue weighted by Gasteiger charge is -2.30. The number of hydrogen-bond donors (Lipinski definition) is 2. The van der Waals surface area contributed by atoms with Gasteiger partial charge in [0.05, 0.1) is 35.6 Å². The van der Waals surface area contributed by atoms with Crippen molar-refractivity contribution in [3.63, 3.8) is 0 Å². The van der Waals surface area contributed by atoms with E-state index in [9.17, 15) is 27.1 Å². The van der Waals surface area contributed by atoms with Gasteiger partial charge in [-0.3, -0.25) is 4.79 Å². The van der Waals surface area contributed by atoms with Crippen molar-refractivity contribution >= 4 is 32.2 Å². The van der Waals surface area contributed by atoms with E-state index in [1.54, 1.807) is 11.0 Å². The lowest BCUT2D eigenvalue weighted by Crippen LogP contribution is -2.41. The van der Waals surface area contributed by atoms with E-state index in [-0.39, 0.29) is 52.8 Å². The molecule has 4 rings (SSSR count). The van der Waals surface area contributed by atoms with E-state index in [1.807, 2.05) is 0 Å². The van der Waals surface area contributed by atoms with Crippen molar-refractivity contribution in [3.05, 3.63) is 51.6 Å². The highest BCUT2D eigenvalue weighted by Crippen LogP contribution is 2.41. The molecule has 39 heavy (non-hydrogen) atoms. The standard InChI is InChI=1S/C25H30F3N5O5S/c1-14(15-7-6-8-17(19(15)26)25(27,28)24(2,3)35)29-21-16-13-18(33-9-11-39(36,37)12-10-33)22(38-5)30-20(16)23(34)32(4)31-21/h6-8,13-14,35H,9-12H2,1-5H3,(H,29,31)/t14-/m1/s1. The number of rotatable bonds is 7. The highest BCUT2D eigenvalue weighted by molar-refractivity contribution is 7.91. The quantitative estimate of drug-likeness (QED) is 0.442. The number of sulfone groups is 1. The minimum absolute atomic E-state index is 0.00443. The first-order valence-corrected chi connectivity index (χ1v) is 14.0. The Morgan fingerprint density at radius 2 is 1.85 bits per heavy atom.